The molecule has 0 spiro atoms. The molecule has 0 aliphatic heterocycles. The van der Waals surface area contributed by atoms with Crippen LogP contribution in [0.3, 0.4) is 0 Å². The molecule has 1 aliphatic rings. The van der Waals surface area contributed by atoms with E-state index in [-0.39, 0.29) is 17.7 Å². The van der Waals surface area contributed by atoms with Crippen LogP contribution in [0.25, 0.3) is 11.1 Å². The van der Waals surface area contributed by atoms with Crippen LogP contribution in [0.1, 0.15) is 29.2 Å². The van der Waals surface area contributed by atoms with Crippen molar-refractivity contribution < 1.29 is 9.60 Å². The molecule has 2 heterocycles. The first-order chi connectivity index (χ1) is 12.7. The molecule has 1 atom stereocenters. The van der Waals surface area contributed by atoms with E-state index in [1.807, 2.05) is 12.1 Å². The van der Waals surface area contributed by atoms with Crippen molar-refractivity contribution in [3.63, 3.8) is 0 Å². The molecule has 0 fully saturated rings. The van der Waals surface area contributed by atoms with Crippen LogP contribution < -0.4 is 5.73 Å². The summed E-state index contributed by atoms with van der Waals surface area (Å²) in [6.45, 7) is 0. The molecular formula is C19H16FN5O. The third-order valence-electron chi connectivity index (χ3n) is 4.63. The SMILES string of the molecule is Nc1ncc2c(n1)CC(c1ccc(F)cc1-c1cccnc1)C/C2=N\O. The first kappa shape index (κ1) is 16.1. The average molecular weight is 349 g/mol. The first-order valence-electron chi connectivity index (χ1n) is 8.18. The van der Waals surface area contributed by atoms with E-state index >= 15 is 0 Å². The van der Waals surface area contributed by atoms with Gasteiger partial charge in [0.1, 0.15) is 5.82 Å². The van der Waals surface area contributed by atoms with Gasteiger partial charge in [-0.05, 0) is 41.7 Å². The number of rotatable bonds is 2. The summed E-state index contributed by atoms with van der Waals surface area (Å²) in [4.78, 5) is 12.4. The van der Waals surface area contributed by atoms with Gasteiger partial charge in [0.15, 0.2) is 0 Å². The van der Waals surface area contributed by atoms with Crippen molar-refractivity contribution in [3.05, 3.63) is 71.6 Å². The van der Waals surface area contributed by atoms with E-state index in [9.17, 15) is 9.60 Å². The number of fused-ring (bicyclic) bond motifs is 1. The maximum Gasteiger partial charge on any atom is 0.220 e. The van der Waals surface area contributed by atoms with Crippen molar-refractivity contribution in [3.8, 4) is 11.1 Å². The standard InChI is InChI=1S/C19H16FN5O/c20-13-3-4-14(15(8-13)11-2-1-5-22-9-11)12-6-17-16(18(7-12)25-26)10-23-19(21)24-17/h1-5,8-10,12,26H,6-7H2,(H2,21,23,24)/b25-18+. The molecule has 0 saturated heterocycles. The Morgan fingerprint density at radius 1 is 1.15 bits per heavy atom. The smallest absolute Gasteiger partial charge is 0.220 e. The molecule has 0 radical (unpaired) electrons. The highest BCUT2D eigenvalue weighted by atomic mass is 19.1. The summed E-state index contributed by atoms with van der Waals surface area (Å²) in [5, 5.41) is 12.9. The zero-order valence-corrected chi connectivity index (χ0v) is 13.8. The fourth-order valence-electron chi connectivity index (χ4n) is 3.45. The lowest BCUT2D eigenvalue weighted by atomic mass is 9.79. The van der Waals surface area contributed by atoms with E-state index < -0.39 is 0 Å². The molecule has 4 rings (SSSR count). The topological polar surface area (TPSA) is 97.3 Å². The number of nitrogens with zero attached hydrogens (tertiary/aromatic N) is 4. The molecule has 6 nitrogen and oxygen atoms in total. The summed E-state index contributed by atoms with van der Waals surface area (Å²) >= 11 is 0. The van der Waals surface area contributed by atoms with Crippen molar-refractivity contribution in [2.45, 2.75) is 18.8 Å². The second-order valence-electron chi connectivity index (χ2n) is 6.21. The molecule has 7 heteroatoms. The van der Waals surface area contributed by atoms with Crippen LogP contribution in [-0.4, -0.2) is 25.9 Å². The monoisotopic (exact) mass is 349 g/mol. The minimum Gasteiger partial charge on any atom is -0.411 e. The Labute approximate surface area is 149 Å². The van der Waals surface area contributed by atoms with Gasteiger partial charge in [-0.3, -0.25) is 4.98 Å². The number of hydrogen-bond donors (Lipinski definition) is 2. The van der Waals surface area contributed by atoms with Gasteiger partial charge in [0, 0.05) is 36.1 Å². The number of aromatic nitrogens is 3. The first-order valence-corrected chi connectivity index (χ1v) is 8.18. The Morgan fingerprint density at radius 2 is 2.04 bits per heavy atom. The van der Waals surface area contributed by atoms with E-state index in [0.29, 0.717) is 24.1 Å². The van der Waals surface area contributed by atoms with Crippen LogP contribution in [-0.2, 0) is 6.42 Å². The van der Waals surface area contributed by atoms with Gasteiger partial charge in [-0.25, -0.2) is 14.4 Å². The van der Waals surface area contributed by atoms with Gasteiger partial charge in [0.05, 0.1) is 11.4 Å². The van der Waals surface area contributed by atoms with Crippen molar-refractivity contribution in [1.82, 2.24) is 15.0 Å². The molecule has 1 unspecified atom stereocenters. The van der Waals surface area contributed by atoms with Gasteiger partial charge in [-0.15, -0.1) is 0 Å². The predicted octanol–water partition coefficient (Wildman–Crippen LogP) is 3.17. The molecule has 1 aromatic carbocycles. The third-order valence-corrected chi connectivity index (χ3v) is 4.63. The number of nitrogen functional groups attached to an aromatic ring is 1. The molecule has 26 heavy (non-hydrogen) atoms. The lowest BCUT2D eigenvalue weighted by molar-refractivity contribution is 0.316. The van der Waals surface area contributed by atoms with Crippen molar-refractivity contribution in [2.24, 2.45) is 5.16 Å². The summed E-state index contributed by atoms with van der Waals surface area (Å²) in [6.07, 6.45) is 6.05. The summed E-state index contributed by atoms with van der Waals surface area (Å²) in [6, 6.07) is 8.42. The molecule has 2 aromatic heterocycles. The van der Waals surface area contributed by atoms with Gasteiger partial charge < -0.3 is 10.9 Å². The maximum absolute atomic E-state index is 13.9. The fraction of sp³-hybridized carbons (Fsp3) is 0.158. The normalized spacial score (nSPS) is 17.9. The van der Waals surface area contributed by atoms with Gasteiger partial charge in [0.2, 0.25) is 5.95 Å². The van der Waals surface area contributed by atoms with Crippen molar-refractivity contribution in [1.29, 1.82) is 0 Å². The maximum atomic E-state index is 13.9. The van der Waals surface area contributed by atoms with Crippen LogP contribution in [0.4, 0.5) is 10.3 Å². The quantitative estimate of drug-likeness (QED) is 0.547. The van der Waals surface area contributed by atoms with Crippen molar-refractivity contribution in [2.75, 3.05) is 5.73 Å². The van der Waals surface area contributed by atoms with Crippen LogP contribution >= 0.6 is 0 Å². The molecule has 1 aliphatic carbocycles. The minimum atomic E-state index is -0.313. The zero-order valence-electron chi connectivity index (χ0n) is 13.8. The second kappa shape index (κ2) is 6.51. The minimum absolute atomic E-state index is 0.0292. The third kappa shape index (κ3) is 2.88. The Kier molecular flexibility index (Phi) is 4.04. The number of pyridine rings is 1. The van der Waals surface area contributed by atoms with Crippen LogP contribution in [0, 0.1) is 5.82 Å². The van der Waals surface area contributed by atoms with E-state index in [4.69, 9.17) is 5.73 Å². The molecular weight excluding hydrogens is 333 g/mol. The highest BCUT2D eigenvalue weighted by Crippen LogP contribution is 2.37. The fourth-order valence-corrected chi connectivity index (χ4v) is 3.45. The van der Waals surface area contributed by atoms with E-state index in [1.54, 1.807) is 24.7 Å². The molecule has 0 saturated carbocycles. The number of hydrogen-bond acceptors (Lipinski definition) is 6. The Bertz CT molecular complexity index is 990. The number of halogens is 1. The summed E-state index contributed by atoms with van der Waals surface area (Å²) in [5.41, 5.74) is 10.2. The van der Waals surface area contributed by atoms with E-state index in [2.05, 4.69) is 20.1 Å². The number of anilines is 1. The Hall–Kier alpha value is -3.35. The number of nitrogens with two attached hydrogens (primary N) is 1. The van der Waals surface area contributed by atoms with Crippen LogP contribution in [0.5, 0.6) is 0 Å². The highest BCUT2D eigenvalue weighted by Gasteiger charge is 2.29. The van der Waals surface area contributed by atoms with Crippen molar-refractivity contribution >= 4 is 11.7 Å². The Balaban J connectivity index is 1.82. The van der Waals surface area contributed by atoms with Crippen LogP contribution in [0.15, 0.2) is 54.1 Å². The lowest BCUT2D eigenvalue weighted by Crippen LogP contribution is -2.22. The highest BCUT2D eigenvalue weighted by molar-refractivity contribution is 6.02. The second-order valence-corrected chi connectivity index (χ2v) is 6.21. The van der Waals surface area contributed by atoms with Gasteiger partial charge in [-0.1, -0.05) is 17.3 Å². The number of benzene rings is 1. The van der Waals surface area contributed by atoms with Gasteiger partial charge >= 0.3 is 0 Å². The van der Waals surface area contributed by atoms with Crippen LogP contribution in [0.2, 0.25) is 0 Å². The van der Waals surface area contributed by atoms with E-state index in [0.717, 1.165) is 22.4 Å². The van der Waals surface area contributed by atoms with Gasteiger partial charge in [-0.2, -0.15) is 0 Å². The number of oxime groups is 1. The summed E-state index contributed by atoms with van der Waals surface area (Å²) in [5.74, 6) is -0.168. The lowest BCUT2D eigenvalue weighted by Gasteiger charge is -2.26. The molecule has 0 amide bonds. The molecule has 130 valence electrons. The molecule has 3 N–H and O–H groups in total. The average Bonchev–Trinajstić information content (AvgIpc) is 2.67. The summed E-state index contributed by atoms with van der Waals surface area (Å²) < 4.78 is 13.9. The Morgan fingerprint density at radius 3 is 2.81 bits per heavy atom. The molecule has 0 bridgehead atoms. The predicted molar refractivity (Wildman–Crippen MR) is 95.5 cm³/mol. The molecule has 3 aromatic rings. The summed E-state index contributed by atoms with van der Waals surface area (Å²) in [7, 11) is 0. The van der Waals surface area contributed by atoms with Gasteiger partial charge in [0.25, 0.3) is 0 Å². The largest absolute Gasteiger partial charge is 0.411 e. The van der Waals surface area contributed by atoms with E-state index in [1.165, 1.54) is 12.1 Å². The zero-order chi connectivity index (χ0) is 18.1.